The lowest BCUT2D eigenvalue weighted by atomic mass is 10.1. The van der Waals surface area contributed by atoms with Gasteiger partial charge in [-0.2, -0.15) is 0 Å². The van der Waals surface area contributed by atoms with Gasteiger partial charge in [0.1, 0.15) is 5.69 Å². The first-order valence-electron chi connectivity index (χ1n) is 8.80. The summed E-state index contributed by atoms with van der Waals surface area (Å²) in [4.78, 5) is 21.1. The number of aryl methyl sites for hydroxylation is 2. The Hall–Kier alpha value is -2.92. The molecule has 0 aliphatic rings. The summed E-state index contributed by atoms with van der Waals surface area (Å²) >= 11 is 5.89. The lowest BCUT2D eigenvalue weighted by Crippen LogP contribution is -2.26. The van der Waals surface area contributed by atoms with Crippen LogP contribution in [0.3, 0.4) is 0 Å². The standard InChI is InChI=1S/C21H21ClN4O/c1-15-14-19(20(27)23-13-5-8-16-6-3-2-4-7-16)26-21(24-15)25-18-11-9-17(22)10-12-18/h2-4,6-7,9-12,14H,5,8,13H2,1H3,(H,23,27)(H,24,25,26). The van der Waals surface area contributed by atoms with Gasteiger partial charge < -0.3 is 10.6 Å². The van der Waals surface area contributed by atoms with Crippen molar-refractivity contribution in [2.45, 2.75) is 19.8 Å². The zero-order chi connectivity index (χ0) is 19.1. The summed E-state index contributed by atoms with van der Waals surface area (Å²) in [6, 6.07) is 19.1. The molecule has 2 N–H and O–H groups in total. The Morgan fingerprint density at radius 3 is 2.52 bits per heavy atom. The zero-order valence-corrected chi connectivity index (χ0v) is 15.8. The van der Waals surface area contributed by atoms with E-state index in [9.17, 15) is 4.79 Å². The van der Waals surface area contributed by atoms with Gasteiger partial charge in [-0.1, -0.05) is 41.9 Å². The molecule has 0 bridgehead atoms. The molecular weight excluding hydrogens is 360 g/mol. The number of carbonyl (C=O) groups is 1. The van der Waals surface area contributed by atoms with E-state index in [1.165, 1.54) is 5.56 Å². The Labute approximate surface area is 163 Å². The topological polar surface area (TPSA) is 66.9 Å². The van der Waals surface area contributed by atoms with Gasteiger partial charge in [0.15, 0.2) is 0 Å². The number of nitrogens with zero attached hydrogens (tertiary/aromatic N) is 2. The van der Waals surface area contributed by atoms with Gasteiger partial charge in [-0.05, 0) is 55.7 Å². The summed E-state index contributed by atoms with van der Waals surface area (Å²) in [6.45, 7) is 2.43. The Morgan fingerprint density at radius 2 is 1.78 bits per heavy atom. The van der Waals surface area contributed by atoms with Crippen molar-refractivity contribution < 1.29 is 4.79 Å². The van der Waals surface area contributed by atoms with Crippen LogP contribution in [0.2, 0.25) is 5.02 Å². The van der Waals surface area contributed by atoms with Crippen molar-refractivity contribution in [3.63, 3.8) is 0 Å². The SMILES string of the molecule is Cc1cc(C(=O)NCCCc2ccccc2)nc(Nc2ccc(Cl)cc2)n1. The third-order valence-electron chi connectivity index (χ3n) is 3.96. The summed E-state index contributed by atoms with van der Waals surface area (Å²) < 4.78 is 0. The second kappa shape index (κ2) is 9.14. The molecule has 1 aromatic heterocycles. The second-order valence-corrected chi connectivity index (χ2v) is 6.63. The van der Waals surface area contributed by atoms with Crippen LogP contribution >= 0.6 is 11.6 Å². The number of hydrogen-bond acceptors (Lipinski definition) is 4. The summed E-state index contributed by atoms with van der Waals surface area (Å²) in [6.07, 6.45) is 1.79. The number of aromatic nitrogens is 2. The fourth-order valence-corrected chi connectivity index (χ4v) is 2.76. The molecule has 1 heterocycles. The van der Waals surface area contributed by atoms with E-state index in [0.29, 0.717) is 23.2 Å². The highest BCUT2D eigenvalue weighted by Crippen LogP contribution is 2.17. The third-order valence-corrected chi connectivity index (χ3v) is 4.21. The number of carbonyl (C=O) groups excluding carboxylic acids is 1. The van der Waals surface area contributed by atoms with E-state index < -0.39 is 0 Å². The van der Waals surface area contributed by atoms with E-state index >= 15 is 0 Å². The molecule has 0 aliphatic heterocycles. The summed E-state index contributed by atoms with van der Waals surface area (Å²) in [5.74, 6) is 0.180. The Balaban J connectivity index is 1.57. The fraction of sp³-hybridized carbons (Fsp3) is 0.190. The molecule has 0 aliphatic carbocycles. The van der Waals surface area contributed by atoms with E-state index in [-0.39, 0.29) is 5.91 Å². The number of benzene rings is 2. The van der Waals surface area contributed by atoms with Gasteiger partial charge in [0, 0.05) is 22.9 Å². The average Bonchev–Trinajstić information content (AvgIpc) is 2.67. The van der Waals surface area contributed by atoms with Gasteiger partial charge in [0.25, 0.3) is 5.91 Å². The van der Waals surface area contributed by atoms with Crippen LogP contribution in [0.25, 0.3) is 0 Å². The third kappa shape index (κ3) is 5.79. The van der Waals surface area contributed by atoms with Crippen molar-refractivity contribution in [1.82, 2.24) is 15.3 Å². The highest BCUT2D eigenvalue weighted by Gasteiger charge is 2.10. The quantitative estimate of drug-likeness (QED) is 0.590. The predicted molar refractivity (Wildman–Crippen MR) is 109 cm³/mol. The van der Waals surface area contributed by atoms with Crippen molar-refractivity contribution in [3.05, 3.63) is 82.6 Å². The molecule has 0 saturated carbocycles. The van der Waals surface area contributed by atoms with E-state index in [1.807, 2.05) is 37.3 Å². The van der Waals surface area contributed by atoms with Crippen molar-refractivity contribution in [2.75, 3.05) is 11.9 Å². The molecule has 0 fully saturated rings. The number of halogens is 1. The smallest absolute Gasteiger partial charge is 0.270 e. The Morgan fingerprint density at radius 1 is 1.04 bits per heavy atom. The maximum Gasteiger partial charge on any atom is 0.270 e. The van der Waals surface area contributed by atoms with Crippen molar-refractivity contribution >= 4 is 29.1 Å². The normalized spacial score (nSPS) is 10.4. The molecule has 3 rings (SSSR count). The monoisotopic (exact) mass is 380 g/mol. The first kappa shape index (κ1) is 18.9. The molecule has 6 heteroatoms. The first-order chi connectivity index (χ1) is 13.1. The highest BCUT2D eigenvalue weighted by molar-refractivity contribution is 6.30. The maximum absolute atomic E-state index is 12.4. The number of rotatable bonds is 7. The number of nitrogens with one attached hydrogen (secondary N) is 2. The molecule has 0 saturated heterocycles. The number of amides is 1. The molecular formula is C21H21ClN4O. The van der Waals surface area contributed by atoms with Crippen LogP contribution in [0, 0.1) is 6.92 Å². The average molecular weight is 381 g/mol. The Bertz CT molecular complexity index is 898. The van der Waals surface area contributed by atoms with E-state index in [2.05, 4.69) is 32.7 Å². The van der Waals surface area contributed by atoms with Crippen LogP contribution in [0.1, 0.15) is 28.2 Å². The van der Waals surface area contributed by atoms with E-state index in [1.54, 1.807) is 18.2 Å². The van der Waals surface area contributed by atoms with E-state index in [4.69, 9.17) is 11.6 Å². The number of hydrogen-bond donors (Lipinski definition) is 2. The van der Waals surface area contributed by atoms with Gasteiger partial charge in [-0.25, -0.2) is 9.97 Å². The fourth-order valence-electron chi connectivity index (χ4n) is 2.63. The summed E-state index contributed by atoms with van der Waals surface area (Å²) in [5, 5.41) is 6.67. The lowest BCUT2D eigenvalue weighted by Gasteiger charge is -2.09. The van der Waals surface area contributed by atoms with Gasteiger partial charge in [0.2, 0.25) is 5.95 Å². The van der Waals surface area contributed by atoms with Crippen LogP contribution in [-0.4, -0.2) is 22.4 Å². The minimum atomic E-state index is -0.201. The molecule has 0 unspecified atom stereocenters. The first-order valence-corrected chi connectivity index (χ1v) is 9.18. The van der Waals surface area contributed by atoms with Gasteiger partial charge in [-0.3, -0.25) is 4.79 Å². The van der Waals surface area contributed by atoms with Gasteiger partial charge in [-0.15, -0.1) is 0 Å². The van der Waals surface area contributed by atoms with Gasteiger partial charge >= 0.3 is 0 Å². The van der Waals surface area contributed by atoms with Gasteiger partial charge in [0.05, 0.1) is 0 Å². The molecule has 0 atom stereocenters. The Kier molecular flexibility index (Phi) is 6.39. The lowest BCUT2D eigenvalue weighted by molar-refractivity contribution is 0.0948. The largest absolute Gasteiger partial charge is 0.351 e. The molecule has 1 amide bonds. The zero-order valence-electron chi connectivity index (χ0n) is 15.1. The molecule has 3 aromatic rings. The van der Waals surface area contributed by atoms with Crippen molar-refractivity contribution in [3.8, 4) is 0 Å². The minimum absolute atomic E-state index is 0.201. The highest BCUT2D eigenvalue weighted by atomic mass is 35.5. The van der Waals surface area contributed by atoms with Crippen LogP contribution in [0.5, 0.6) is 0 Å². The molecule has 5 nitrogen and oxygen atoms in total. The van der Waals surface area contributed by atoms with E-state index in [0.717, 1.165) is 24.2 Å². The summed E-state index contributed by atoms with van der Waals surface area (Å²) in [7, 11) is 0. The minimum Gasteiger partial charge on any atom is -0.351 e. The number of anilines is 2. The van der Waals surface area contributed by atoms with Crippen LogP contribution < -0.4 is 10.6 Å². The van der Waals surface area contributed by atoms with Crippen molar-refractivity contribution in [2.24, 2.45) is 0 Å². The molecule has 27 heavy (non-hydrogen) atoms. The molecule has 0 spiro atoms. The van der Waals surface area contributed by atoms with Crippen LogP contribution in [0.4, 0.5) is 11.6 Å². The van der Waals surface area contributed by atoms with Crippen LogP contribution in [-0.2, 0) is 6.42 Å². The maximum atomic E-state index is 12.4. The second-order valence-electron chi connectivity index (χ2n) is 6.20. The predicted octanol–water partition coefficient (Wildman–Crippen LogP) is 4.54. The summed E-state index contributed by atoms with van der Waals surface area (Å²) in [5.41, 5.74) is 3.13. The molecule has 138 valence electrons. The van der Waals surface area contributed by atoms with Crippen molar-refractivity contribution in [1.29, 1.82) is 0 Å². The molecule has 0 radical (unpaired) electrons. The molecule has 2 aromatic carbocycles. The van der Waals surface area contributed by atoms with Crippen LogP contribution in [0.15, 0.2) is 60.7 Å².